The minimum absolute atomic E-state index is 0.00671. The van der Waals surface area contributed by atoms with Crippen molar-refractivity contribution < 1.29 is 23.7 Å². The molecule has 3 aromatic rings. The van der Waals surface area contributed by atoms with Crippen molar-refractivity contribution in [3.63, 3.8) is 0 Å². The topological polar surface area (TPSA) is 149 Å². The summed E-state index contributed by atoms with van der Waals surface area (Å²) in [5.74, 6) is 2.26. The van der Waals surface area contributed by atoms with E-state index in [-0.39, 0.29) is 38.8 Å². The van der Waals surface area contributed by atoms with Gasteiger partial charge in [0.05, 0.1) is 24.4 Å². The lowest BCUT2D eigenvalue weighted by Gasteiger charge is -2.46. The van der Waals surface area contributed by atoms with E-state index in [1.807, 2.05) is 36.8 Å². The number of rotatable bonds is 18. The van der Waals surface area contributed by atoms with Crippen molar-refractivity contribution >= 4 is 0 Å². The van der Waals surface area contributed by atoms with Gasteiger partial charge in [-0.15, -0.1) is 0 Å². The second-order valence-electron chi connectivity index (χ2n) is 45.4. The fourth-order valence-corrected chi connectivity index (χ4v) is 14.4. The third-order valence-corrected chi connectivity index (χ3v) is 20.0. The number of hydrogen-bond acceptors (Lipinski definition) is 17. The van der Waals surface area contributed by atoms with Crippen LogP contribution in [0.15, 0.2) is 55.0 Å². The molecule has 4 N–H and O–H groups in total. The molecule has 3 aromatic heterocycles. The Morgan fingerprint density at radius 2 is 0.627 bits per heavy atom. The van der Waals surface area contributed by atoms with Crippen LogP contribution in [0.2, 0.25) is 0 Å². The SMILES string of the molecule is CC(C)(C)Cc1ccc(OC2CC(NC(C)(C)C)C2)nc1.CC(C)(C)Cc1ccc(OC2CC(NC(C)(C)C)C2)nc1.CC(C)(C)N1CCN(C(C)(C)C)CC1.CC(C)(C)NC1CC(Oc2ccc(C(C)(C)C)cn2)C1.CC(C)(C)N[C@H]1CCN(CCOC(C)(C)C)C1.CC(C)(C)OCCN1CCN(C(C)(C)C)CC1. The van der Waals surface area contributed by atoms with Crippen LogP contribution in [0.3, 0.4) is 0 Å². The van der Waals surface area contributed by atoms with Crippen LogP contribution in [0, 0.1) is 10.8 Å². The van der Waals surface area contributed by atoms with Gasteiger partial charge in [0, 0.05) is 172 Å². The summed E-state index contributed by atoms with van der Waals surface area (Å²) in [6.07, 6.45) is 16.5. The van der Waals surface area contributed by atoms with Crippen molar-refractivity contribution in [1.82, 2.24) is 60.7 Å². The highest BCUT2D eigenvalue weighted by atomic mass is 16.5. The van der Waals surface area contributed by atoms with Crippen LogP contribution in [-0.4, -0.2) is 224 Å². The quantitative estimate of drug-likeness (QED) is 0.0956. The highest BCUT2D eigenvalue weighted by Crippen LogP contribution is 2.32. The second-order valence-corrected chi connectivity index (χ2v) is 45.4. The summed E-state index contributed by atoms with van der Waals surface area (Å²) >= 11 is 0. The predicted octanol–water partition coefficient (Wildman–Crippen LogP) is 18.3. The zero-order valence-electron chi connectivity index (χ0n) is 78.1. The number of hydrogen-bond donors (Lipinski definition) is 4. The smallest absolute Gasteiger partial charge is 0.213 e. The molecule has 6 aliphatic rings. The van der Waals surface area contributed by atoms with E-state index in [1.165, 1.54) is 82.0 Å². The van der Waals surface area contributed by atoms with Gasteiger partial charge >= 0.3 is 0 Å². The minimum Gasteiger partial charge on any atom is -0.474 e. The van der Waals surface area contributed by atoms with Crippen molar-refractivity contribution in [3.05, 3.63) is 71.7 Å². The molecule has 0 unspecified atom stereocenters. The van der Waals surface area contributed by atoms with Crippen molar-refractivity contribution in [2.24, 2.45) is 10.8 Å². The van der Waals surface area contributed by atoms with Gasteiger partial charge in [0.25, 0.3) is 0 Å². The first kappa shape index (κ1) is 98.8. The maximum atomic E-state index is 5.93. The van der Waals surface area contributed by atoms with E-state index in [4.69, 9.17) is 23.7 Å². The van der Waals surface area contributed by atoms with Gasteiger partial charge in [0.15, 0.2) is 0 Å². The summed E-state index contributed by atoms with van der Waals surface area (Å²) in [5.41, 5.74) is 6.27. The number of pyridine rings is 3. The molecule has 110 heavy (non-hydrogen) atoms. The molecular weight excluding hydrogens is 1370 g/mol. The van der Waals surface area contributed by atoms with E-state index in [0.29, 0.717) is 69.9 Å². The first-order chi connectivity index (χ1) is 49.9. The molecule has 6 fully saturated rings. The predicted molar refractivity (Wildman–Crippen MR) is 468 cm³/mol. The zero-order chi connectivity index (χ0) is 83.5. The maximum Gasteiger partial charge on any atom is 0.213 e. The summed E-state index contributed by atoms with van der Waals surface area (Å²) in [4.78, 5) is 26.0. The third-order valence-electron chi connectivity index (χ3n) is 20.0. The average Bonchev–Trinajstić information content (AvgIpc) is 1.01. The standard InChI is InChI=1S/2C18H30N2O.C17H28N2O.2C14H30N2O.C12H26N2/c2*1-17(2,3)11-13-7-8-16(19-12-13)21-15-9-14(10-15)20-18(4,5)6;1-16(2,3)12-7-8-15(18-11-12)20-14-9-13(10-14)19-17(4,5)6;1-13(2,3)16-9-7-15(8-10-16)11-12-17-14(4,5)6;1-13(2,3)15-12-7-8-16(11-12)9-10-17-14(4,5)6;1-11(2,3)13-7-9-14(10-8-13)12(4,5)6/h2*7-8,12,14-15,20H,9-11H2,1-6H3;7-8,11,13-14,19H,9-10H2,1-6H3;7-12H2,1-6H3;12,15H,7-11H2,1-6H3;7-10H2,1-6H3/t;;;;12-;/m....0./s1. The highest BCUT2D eigenvalue weighted by molar-refractivity contribution is 5.24. The molecule has 0 amide bonds. The van der Waals surface area contributed by atoms with Crippen LogP contribution in [0.5, 0.6) is 17.6 Å². The fraction of sp³-hybridized carbons (Fsp3) is 0.839. The molecule has 0 bridgehead atoms. The zero-order valence-corrected chi connectivity index (χ0v) is 78.1. The molecule has 0 radical (unpaired) electrons. The van der Waals surface area contributed by atoms with E-state index < -0.39 is 0 Å². The molecule has 9 rings (SSSR count). The van der Waals surface area contributed by atoms with Gasteiger partial charge in [-0.05, 0) is 284 Å². The maximum absolute atomic E-state index is 5.93. The van der Waals surface area contributed by atoms with E-state index in [2.05, 4.69) is 328 Å². The number of piperazine rings is 2. The monoisotopic (exact) mass is 1540 g/mol. The van der Waals surface area contributed by atoms with Gasteiger partial charge < -0.3 is 45.0 Å². The summed E-state index contributed by atoms with van der Waals surface area (Å²) in [6, 6.07) is 14.8. The Labute approximate surface area is 677 Å². The Hall–Kier alpha value is -3.59. The molecule has 0 aromatic carbocycles. The molecule has 636 valence electrons. The van der Waals surface area contributed by atoms with Crippen LogP contribution in [0.25, 0.3) is 0 Å². The van der Waals surface area contributed by atoms with E-state index >= 15 is 0 Å². The van der Waals surface area contributed by atoms with Crippen molar-refractivity contribution in [2.45, 2.75) is 405 Å². The number of nitrogens with one attached hydrogen (secondary N) is 4. The molecule has 3 aliphatic heterocycles. The van der Waals surface area contributed by atoms with Crippen LogP contribution in [0.4, 0.5) is 0 Å². The molecule has 17 nitrogen and oxygen atoms in total. The molecule has 6 heterocycles. The summed E-state index contributed by atoms with van der Waals surface area (Å²) in [6.45, 7) is 95.7. The molecule has 17 heteroatoms. The van der Waals surface area contributed by atoms with Crippen LogP contribution in [0.1, 0.15) is 311 Å². The Balaban J connectivity index is 0.000000280. The number of likely N-dealkylation sites (tertiary alicyclic amines) is 1. The lowest BCUT2D eigenvalue weighted by molar-refractivity contribution is -0.0220. The van der Waals surface area contributed by atoms with E-state index in [1.54, 1.807) is 0 Å². The number of aromatic nitrogens is 3. The molecule has 0 spiro atoms. The van der Waals surface area contributed by atoms with Crippen molar-refractivity contribution in [3.8, 4) is 17.6 Å². The van der Waals surface area contributed by atoms with Gasteiger partial charge in [-0.1, -0.05) is 80.5 Å². The average molecular weight is 1540 g/mol. The number of nitrogens with zero attached hydrogens (tertiary/aromatic N) is 8. The van der Waals surface area contributed by atoms with E-state index in [9.17, 15) is 0 Å². The summed E-state index contributed by atoms with van der Waals surface area (Å²) in [7, 11) is 0. The first-order valence-electron chi connectivity index (χ1n) is 42.8. The lowest BCUT2D eigenvalue weighted by atomic mass is 9.87. The van der Waals surface area contributed by atoms with Crippen LogP contribution >= 0.6 is 0 Å². The molecule has 3 saturated carbocycles. The fourth-order valence-electron chi connectivity index (χ4n) is 14.4. The van der Waals surface area contributed by atoms with Gasteiger partial charge in [0.2, 0.25) is 17.6 Å². The summed E-state index contributed by atoms with van der Waals surface area (Å²) in [5, 5.41) is 14.5. The van der Waals surface area contributed by atoms with E-state index in [0.717, 1.165) is 102 Å². The highest BCUT2D eigenvalue weighted by Gasteiger charge is 2.37. The molecule has 3 aliphatic carbocycles. The molecular formula is C93H174N12O5. The van der Waals surface area contributed by atoms with Gasteiger partial charge in [-0.25, -0.2) is 15.0 Å². The Morgan fingerprint density at radius 1 is 0.336 bits per heavy atom. The Bertz CT molecular complexity index is 2860. The summed E-state index contributed by atoms with van der Waals surface area (Å²) < 4.78 is 29.3. The number of ether oxygens (including phenoxy) is 5. The van der Waals surface area contributed by atoms with Crippen LogP contribution in [-0.2, 0) is 27.7 Å². The van der Waals surface area contributed by atoms with Crippen molar-refractivity contribution in [2.75, 3.05) is 91.8 Å². The largest absolute Gasteiger partial charge is 0.474 e. The molecule has 1 atom stereocenters. The Morgan fingerprint density at radius 3 is 0.882 bits per heavy atom. The Kier molecular flexibility index (Phi) is 37.3. The van der Waals surface area contributed by atoms with Gasteiger partial charge in [-0.2, -0.15) is 0 Å². The van der Waals surface area contributed by atoms with Crippen LogP contribution < -0.4 is 35.5 Å². The third kappa shape index (κ3) is 43.9. The second kappa shape index (κ2) is 41.5. The normalized spacial score (nSPS) is 22.6. The van der Waals surface area contributed by atoms with Gasteiger partial charge in [0.1, 0.15) is 18.3 Å². The van der Waals surface area contributed by atoms with Gasteiger partial charge in [-0.3, -0.25) is 24.5 Å². The van der Waals surface area contributed by atoms with Crippen molar-refractivity contribution in [1.29, 1.82) is 0 Å². The minimum atomic E-state index is -0.0111. The first-order valence-corrected chi connectivity index (χ1v) is 42.8. The molecule has 3 saturated heterocycles. The lowest BCUT2D eigenvalue weighted by Crippen LogP contribution is -2.57.